The molecule has 0 saturated heterocycles. The summed E-state index contributed by atoms with van der Waals surface area (Å²) < 4.78 is 17.3. The minimum absolute atomic E-state index is 0.172. The normalized spacial score (nSPS) is 14.8. The number of rotatable bonds is 10. The summed E-state index contributed by atoms with van der Waals surface area (Å²) in [5.41, 5.74) is 6.91. The van der Waals surface area contributed by atoms with Crippen LogP contribution in [-0.4, -0.2) is 49.5 Å². The van der Waals surface area contributed by atoms with Crippen molar-refractivity contribution >= 4 is 16.8 Å². The van der Waals surface area contributed by atoms with E-state index in [9.17, 15) is 9.90 Å². The Bertz CT molecular complexity index is 1520. The van der Waals surface area contributed by atoms with E-state index in [4.69, 9.17) is 14.2 Å². The van der Waals surface area contributed by atoms with Gasteiger partial charge in [0.15, 0.2) is 11.5 Å². The fourth-order valence-electron chi connectivity index (χ4n) is 5.51. The average molecular weight is 527 g/mol. The highest BCUT2D eigenvalue weighted by atomic mass is 16.5. The number of H-pyrrole nitrogens is 1. The van der Waals surface area contributed by atoms with Gasteiger partial charge in [-0.15, -0.1) is 0 Å². The van der Waals surface area contributed by atoms with Crippen LogP contribution in [0.1, 0.15) is 39.9 Å². The molecule has 3 aromatic carbocycles. The van der Waals surface area contributed by atoms with Gasteiger partial charge in [-0.2, -0.15) is 0 Å². The predicted octanol–water partition coefficient (Wildman–Crippen LogP) is 5.07. The second-order valence-corrected chi connectivity index (χ2v) is 10.5. The van der Waals surface area contributed by atoms with E-state index in [2.05, 4.69) is 10.3 Å². The first-order valence-corrected chi connectivity index (χ1v) is 13.6. The van der Waals surface area contributed by atoms with Crippen molar-refractivity contribution in [1.82, 2.24) is 10.3 Å². The van der Waals surface area contributed by atoms with Crippen molar-refractivity contribution in [2.24, 2.45) is 5.92 Å². The molecule has 1 unspecified atom stereocenters. The number of methoxy groups -OCH3 is 2. The third kappa shape index (κ3) is 5.06. The Morgan fingerprint density at radius 1 is 1.00 bits per heavy atom. The molecule has 0 spiro atoms. The second-order valence-electron chi connectivity index (χ2n) is 10.5. The summed E-state index contributed by atoms with van der Waals surface area (Å²) in [5, 5.41) is 14.4. The first-order chi connectivity index (χ1) is 19.1. The van der Waals surface area contributed by atoms with Gasteiger partial charge in [-0.25, -0.2) is 0 Å². The van der Waals surface area contributed by atoms with Crippen molar-refractivity contribution in [2.45, 2.75) is 38.1 Å². The number of hydrogen-bond donors (Lipinski definition) is 3. The topological polar surface area (TPSA) is 92.8 Å². The highest BCUT2D eigenvalue weighted by Gasteiger charge is 2.27. The Kier molecular flexibility index (Phi) is 6.92. The van der Waals surface area contributed by atoms with Gasteiger partial charge in [0.25, 0.3) is 5.91 Å². The molecule has 0 aliphatic heterocycles. The molecule has 39 heavy (non-hydrogen) atoms. The largest absolute Gasteiger partial charge is 0.493 e. The van der Waals surface area contributed by atoms with E-state index in [0.717, 1.165) is 51.6 Å². The van der Waals surface area contributed by atoms with Gasteiger partial charge in [0, 0.05) is 17.1 Å². The van der Waals surface area contributed by atoms with Crippen LogP contribution in [-0.2, 0) is 19.3 Å². The number of fused-ring (bicyclic) bond motifs is 4. The van der Waals surface area contributed by atoms with E-state index < -0.39 is 6.04 Å². The summed E-state index contributed by atoms with van der Waals surface area (Å²) >= 11 is 0. The van der Waals surface area contributed by atoms with Crippen molar-refractivity contribution in [2.75, 3.05) is 27.4 Å². The maximum Gasteiger partial charge on any atom is 0.255 e. The average Bonchev–Trinajstić information content (AvgIpc) is 3.72. The highest BCUT2D eigenvalue weighted by Crippen LogP contribution is 2.43. The van der Waals surface area contributed by atoms with Crippen LogP contribution in [0.15, 0.2) is 54.7 Å². The van der Waals surface area contributed by atoms with Gasteiger partial charge in [-0.1, -0.05) is 18.2 Å². The summed E-state index contributed by atoms with van der Waals surface area (Å²) in [6.45, 7) is 0.438. The summed E-state index contributed by atoms with van der Waals surface area (Å²) in [6.07, 6.45) is 6.50. The van der Waals surface area contributed by atoms with E-state index in [1.807, 2.05) is 54.7 Å². The van der Waals surface area contributed by atoms with Gasteiger partial charge in [-0.3, -0.25) is 4.79 Å². The molecule has 7 heteroatoms. The molecule has 3 N–H and O–H groups in total. The minimum Gasteiger partial charge on any atom is -0.493 e. The Morgan fingerprint density at radius 3 is 2.41 bits per heavy atom. The van der Waals surface area contributed by atoms with E-state index in [1.54, 1.807) is 14.2 Å². The molecule has 0 radical (unpaired) electrons. The molecule has 6 rings (SSSR count). The van der Waals surface area contributed by atoms with Gasteiger partial charge in [-0.05, 0) is 96.2 Å². The number of para-hydroxylation sites is 1. The Balaban J connectivity index is 1.33. The number of ether oxygens (including phenoxy) is 3. The van der Waals surface area contributed by atoms with Gasteiger partial charge < -0.3 is 29.6 Å². The number of aromatic nitrogens is 1. The molecule has 1 aromatic heterocycles. The van der Waals surface area contributed by atoms with Crippen molar-refractivity contribution in [3.63, 3.8) is 0 Å². The Labute approximate surface area is 228 Å². The first kappa shape index (κ1) is 25.3. The summed E-state index contributed by atoms with van der Waals surface area (Å²) in [5.74, 6) is 2.26. The smallest absolute Gasteiger partial charge is 0.255 e. The molecule has 1 heterocycles. The lowest BCUT2D eigenvalue weighted by atomic mass is 9.84. The Hall–Kier alpha value is -3.97. The van der Waals surface area contributed by atoms with Gasteiger partial charge in [0.05, 0.1) is 39.0 Å². The van der Waals surface area contributed by atoms with Crippen molar-refractivity contribution in [1.29, 1.82) is 0 Å². The van der Waals surface area contributed by atoms with Crippen molar-refractivity contribution in [3.8, 4) is 28.4 Å². The Morgan fingerprint density at radius 2 is 1.69 bits per heavy atom. The highest BCUT2D eigenvalue weighted by molar-refractivity contribution is 5.99. The molecular formula is C32H34N2O5. The van der Waals surface area contributed by atoms with Crippen LogP contribution < -0.4 is 19.5 Å². The van der Waals surface area contributed by atoms with Crippen LogP contribution in [0.2, 0.25) is 0 Å². The van der Waals surface area contributed by atoms with Crippen molar-refractivity contribution < 1.29 is 24.1 Å². The van der Waals surface area contributed by atoms with Gasteiger partial charge in [0.1, 0.15) is 5.75 Å². The molecule has 1 amide bonds. The summed E-state index contributed by atoms with van der Waals surface area (Å²) in [4.78, 5) is 17.0. The quantitative estimate of drug-likeness (QED) is 0.268. The maximum absolute atomic E-state index is 13.8. The zero-order valence-electron chi connectivity index (χ0n) is 22.4. The zero-order valence-corrected chi connectivity index (χ0v) is 22.4. The lowest BCUT2D eigenvalue weighted by Gasteiger charge is -2.25. The number of aromatic amines is 1. The van der Waals surface area contributed by atoms with Crippen LogP contribution in [0.5, 0.6) is 17.2 Å². The number of hydrogen-bond acceptors (Lipinski definition) is 5. The number of benzene rings is 3. The first-order valence-electron chi connectivity index (χ1n) is 13.6. The lowest BCUT2D eigenvalue weighted by molar-refractivity contribution is 0.0912. The van der Waals surface area contributed by atoms with E-state index in [1.165, 1.54) is 12.8 Å². The van der Waals surface area contributed by atoms with Crippen LogP contribution in [0.25, 0.3) is 22.0 Å². The predicted molar refractivity (Wildman–Crippen MR) is 151 cm³/mol. The summed E-state index contributed by atoms with van der Waals surface area (Å²) in [7, 11) is 3.27. The van der Waals surface area contributed by atoms with E-state index in [0.29, 0.717) is 41.8 Å². The fourth-order valence-corrected chi connectivity index (χ4v) is 5.51. The number of carbonyl (C=O) groups is 1. The monoisotopic (exact) mass is 526 g/mol. The molecule has 202 valence electrons. The number of aryl methyl sites for hydroxylation is 2. The van der Waals surface area contributed by atoms with Crippen LogP contribution in [0.4, 0.5) is 0 Å². The number of carbonyl (C=O) groups excluding carboxylic acids is 1. The molecule has 0 bridgehead atoms. The number of nitrogens with one attached hydrogen (secondary N) is 2. The number of aliphatic hydroxyl groups excluding tert-OH is 1. The SMILES string of the molecule is COc1cc2c(cc1OC)-c1cc(C(=O)NC(CO)Cc3c[nH]c4ccccc34)c(OCC3CC3)cc1CC2. The molecule has 1 atom stereocenters. The maximum atomic E-state index is 13.8. The number of amides is 1. The van der Waals surface area contributed by atoms with Crippen molar-refractivity contribution in [3.05, 3.63) is 77.0 Å². The van der Waals surface area contributed by atoms with Crippen LogP contribution in [0.3, 0.4) is 0 Å². The molecule has 1 fully saturated rings. The molecule has 2 aliphatic rings. The summed E-state index contributed by atoms with van der Waals surface area (Å²) in [6, 6.07) is 15.6. The molecular weight excluding hydrogens is 492 g/mol. The van der Waals surface area contributed by atoms with Gasteiger partial charge in [0.2, 0.25) is 0 Å². The molecule has 2 aliphatic carbocycles. The fraction of sp³-hybridized carbons (Fsp3) is 0.344. The standard InChI is InChI=1S/C32H34N2O5/c1-37-30-13-21-10-9-20-12-29(39-18-19-7-8-19)27(14-25(20)26(21)15-31(30)38-2)32(36)34-23(17-35)11-22-16-33-28-6-4-3-5-24(22)28/h3-6,12-16,19,23,33,35H,7-11,17-18H2,1-2H3,(H,34,36). The number of aliphatic hydroxyl groups is 1. The third-order valence-corrected chi connectivity index (χ3v) is 7.88. The molecule has 4 aromatic rings. The molecule has 7 nitrogen and oxygen atoms in total. The molecule has 1 saturated carbocycles. The van der Waals surface area contributed by atoms with Crippen LogP contribution in [0, 0.1) is 5.92 Å². The van der Waals surface area contributed by atoms with E-state index >= 15 is 0 Å². The van der Waals surface area contributed by atoms with E-state index in [-0.39, 0.29) is 12.5 Å². The van der Waals surface area contributed by atoms with Gasteiger partial charge >= 0.3 is 0 Å². The lowest BCUT2D eigenvalue weighted by Crippen LogP contribution is -2.39. The van der Waals surface area contributed by atoms with Crippen LogP contribution >= 0.6 is 0 Å². The zero-order chi connectivity index (χ0) is 26.9. The second kappa shape index (κ2) is 10.7. The minimum atomic E-state index is -0.444. The third-order valence-electron chi connectivity index (χ3n) is 7.88.